The molecule has 5 heteroatoms. The average molecular weight is 215 g/mol. The Morgan fingerprint density at radius 1 is 1.20 bits per heavy atom. The zero-order chi connectivity index (χ0) is 11.6. The Bertz CT molecular complexity index is 413. The van der Waals surface area contributed by atoms with Gasteiger partial charge in [0.05, 0.1) is 11.1 Å². The summed E-state index contributed by atoms with van der Waals surface area (Å²) in [6.45, 7) is 2.66. The SMILES string of the molecule is CC(C)(N=C=O)c1c(F)cc(F)cc1F. The Balaban J connectivity index is 3.43. The summed E-state index contributed by atoms with van der Waals surface area (Å²) in [7, 11) is 0. The van der Waals surface area contributed by atoms with E-state index in [0.29, 0.717) is 12.1 Å². The van der Waals surface area contributed by atoms with Gasteiger partial charge in [0.1, 0.15) is 17.5 Å². The summed E-state index contributed by atoms with van der Waals surface area (Å²) in [6, 6.07) is 1.08. The topological polar surface area (TPSA) is 29.4 Å². The van der Waals surface area contributed by atoms with Crippen LogP contribution < -0.4 is 0 Å². The number of nitrogens with zero attached hydrogens (tertiary/aromatic N) is 1. The Labute approximate surface area is 84.4 Å². The highest BCUT2D eigenvalue weighted by Crippen LogP contribution is 2.29. The largest absolute Gasteiger partial charge is 0.235 e. The van der Waals surface area contributed by atoms with Gasteiger partial charge in [0.2, 0.25) is 6.08 Å². The van der Waals surface area contributed by atoms with E-state index in [1.807, 2.05) is 0 Å². The van der Waals surface area contributed by atoms with E-state index in [1.165, 1.54) is 19.9 Å². The highest BCUT2D eigenvalue weighted by atomic mass is 19.1. The van der Waals surface area contributed by atoms with Crippen molar-refractivity contribution in [3.63, 3.8) is 0 Å². The predicted molar refractivity (Wildman–Crippen MR) is 47.5 cm³/mol. The summed E-state index contributed by atoms with van der Waals surface area (Å²) < 4.78 is 39.1. The summed E-state index contributed by atoms with van der Waals surface area (Å²) >= 11 is 0. The van der Waals surface area contributed by atoms with E-state index in [4.69, 9.17) is 0 Å². The first-order valence-electron chi connectivity index (χ1n) is 4.12. The first kappa shape index (κ1) is 11.5. The molecule has 0 aromatic heterocycles. The Kier molecular flexibility index (Phi) is 2.95. The monoisotopic (exact) mass is 215 g/mol. The second-order valence-electron chi connectivity index (χ2n) is 3.51. The second kappa shape index (κ2) is 3.87. The van der Waals surface area contributed by atoms with Crippen molar-refractivity contribution in [1.82, 2.24) is 0 Å². The minimum absolute atomic E-state index is 0.452. The number of isocyanates is 1. The van der Waals surface area contributed by atoms with Gasteiger partial charge >= 0.3 is 0 Å². The van der Waals surface area contributed by atoms with Crippen molar-refractivity contribution < 1.29 is 18.0 Å². The quantitative estimate of drug-likeness (QED) is 0.550. The third-order valence-electron chi connectivity index (χ3n) is 1.94. The minimum atomic E-state index is -1.40. The molecule has 0 N–H and O–H groups in total. The van der Waals surface area contributed by atoms with Gasteiger partial charge in [0, 0.05) is 12.1 Å². The smallest absolute Gasteiger partial charge is 0.211 e. The van der Waals surface area contributed by atoms with Crippen LogP contribution in [0.3, 0.4) is 0 Å². The predicted octanol–water partition coefficient (Wildman–Crippen LogP) is 2.67. The molecule has 0 aliphatic carbocycles. The van der Waals surface area contributed by atoms with Crippen LogP contribution in [0, 0.1) is 17.5 Å². The van der Waals surface area contributed by atoms with Crippen LogP contribution in [0.4, 0.5) is 13.2 Å². The molecule has 0 heterocycles. The zero-order valence-corrected chi connectivity index (χ0v) is 8.14. The molecule has 15 heavy (non-hydrogen) atoms. The normalized spacial score (nSPS) is 11.0. The van der Waals surface area contributed by atoms with E-state index in [0.717, 1.165) is 0 Å². The fourth-order valence-electron chi connectivity index (χ4n) is 1.30. The highest BCUT2D eigenvalue weighted by molar-refractivity contribution is 5.38. The van der Waals surface area contributed by atoms with E-state index in [-0.39, 0.29) is 0 Å². The first-order valence-corrected chi connectivity index (χ1v) is 4.12. The van der Waals surface area contributed by atoms with E-state index in [9.17, 15) is 18.0 Å². The Morgan fingerprint density at radius 2 is 1.67 bits per heavy atom. The standard InChI is InChI=1S/C10H8F3NO/c1-10(2,14-5-15)9-7(12)3-6(11)4-8(9)13/h3-4H,1-2H3. The maximum absolute atomic E-state index is 13.3. The summed E-state index contributed by atoms with van der Waals surface area (Å²) in [4.78, 5) is 13.3. The van der Waals surface area contributed by atoms with Crippen LogP contribution in [0.5, 0.6) is 0 Å². The molecule has 0 fully saturated rings. The van der Waals surface area contributed by atoms with E-state index < -0.39 is 28.6 Å². The summed E-state index contributed by atoms with van der Waals surface area (Å²) in [5.74, 6) is -3.16. The Hall–Kier alpha value is -1.61. The number of hydrogen-bond donors (Lipinski definition) is 0. The van der Waals surface area contributed by atoms with Gasteiger partial charge in [-0.15, -0.1) is 0 Å². The molecule has 2 nitrogen and oxygen atoms in total. The zero-order valence-electron chi connectivity index (χ0n) is 8.14. The summed E-state index contributed by atoms with van der Waals surface area (Å²) in [5, 5.41) is 0. The van der Waals surface area contributed by atoms with Crippen molar-refractivity contribution in [1.29, 1.82) is 0 Å². The third kappa shape index (κ3) is 2.25. The molecule has 1 aromatic rings. The van der Waals surface area contributed by atoms with Crippen LogP contribution in [0.15, 0.2) is 17.1 Å². The minimum Gasteiger partial charge on any atom is -0.211 e. The summed E-state index contributed by atoms with van der Waals surface area (Å²) in [6.07, 6.45) is 1.22. The molecule has 0 radical (unpaired) electrons. The van der Waals surface area contributed by atoms with Crippen LogP contribution in [0.1, 0.15) is 19.4 Å². The fourth-order valence-corrected chi connectivity index (χ4v) is 1.30. The van der Waals surface area contributed by atoms with Gasteiger partial charge in [-0.1, -0.05) is 0 Å². The maximum Gasteiger partial charge on any atom is 0.235 e. The third-order valence-corrected chi connectivity index (χ3v) is 1.94. The molecule has 1 aromatic carbocycles. The van der Waals surface area contributed by atoms with Crippen molar-refractivity contribution in [2.24, 2.45) is 4.99 Å². The van der Waals surface area contributed by atoms with Crippen molar-refractivity contribution in [3.05, 3.63) is 35.1 Å². The van der Waals surface area contributed by atoms with Crippen LogP contribution in [-0.2, 0) is 10.3 Å². The first-order chi connectivity index (χ1) is 6.88. The molecular formula is C10H8F3NO. The van der Waals surface area contributed by atoms with Crippen LogP contribution in [0.2, 0.25) is 0 Å². The van der Waals surface area contributed by atoms with Crippen molar-refractivity contribution in [2.75, 3.05) is 0 Å². The van der Waals surface area contributed by atoms with E-state index in [2.05, 4.69) is 4.99 Å². The molecule has 0 atom stereocenters. The number of benzene rings is 1. The lowest BCUT2D eigenvalue weighted by Crippen LogP contribution is -2.18. The average Bonchev–Trinajstić information content (AvgIpc) is 1.99. The molecule has 0 saturated heterocycles. The van der Waals surface area contributed by atoms with Gasteiger partial charge in [-0.05, 0) is 13.8 Å². The van der Waals surface area contributed by atoms with E-state index in [1.54, 1.807) is 0 Å². The Morgan fingerprint density at radius 3 is 2.07 bits per heavy atom. The molecule has 0 saturated carbocycles. The van der Waals surface area contributed by atoms with Gasteiger partial charge in [0.25, 0.3) is 0 Å². The van der Waals surface area contributed by atoms with Crippen LogP contribution >= 0.6 is 0 Å². The molecule has 80 valence electrons. The van der Waals surface area contributed by atoms with Crippen molar-refractivity contribution in [2.45, 2.75) is 19.4 Å². The molecular weight excluding hydrogens is 207 g/mol. The summed E-state index contributed by atoms with van der Waals surface area (Å²) in [5.41, 5.74) is -1.85. The van der Waals surface area contributed by atoms with Crippen molar-refractivity contribution in [3.8, 4) is 0 Å². The number of carbonyl (C=O) groups excluding carboxylic acids is 1. The van der Waals surface area contributed by atoms with Gasteiger partial charge in [0.15, 0.2) is 0 Å². The van der Waals surface area contributed by atoms with E-state index >= 15 is 0 Å². The van der Waals surface area contributed by atoms with Gasteiger partial charge in [-0.3, -0.25) is 0 Å². The van der Waals surface area contributed by atoms with Crippen LogP contribution in [0.25, 0.3) is 0 Å². The van der Waals surface area contributed by atoms with Gasteiger partial charge < -0.3 is 0 Å². The lowest BCUT2D eigenvalue weighted by Gasteiger charge is -2.19. The van der Waals surface area contributed by atoms with Gasteiger partial charge in [-0.25, -0.2) is 18.0 Å². The molecule has 0 spiro atoms. The van der Waals surface area contributed by atoms with Gasteiger partial charge in [-0.2, -0.15) is 4.99 Å². The number of hydrogen-bond acceptors (Lipinski definition) is 2. The molecule has 0 unspecified atom stereocenters. The van der Waals surface area contributed by atoms with Crippen molar-refractivity contribution >= 4 is 6.08 Å². The molecule has 0 amide bonds. The molecule has 1 rings (SSSR count). The van der Waals surface area contributed by atoms with Crippen LogP contribution in [-0.4, -0.2) is 6.08 Å². The lowest BCUT2D eigenvalue weighted by atomic mass is 9.94. The molecule has 0 bridgehead atoms. The fraction of sp³-hybridized carbons (Fsp3) is 0.300. The second-order valence-corrected chi connectivity index (χ2v) is 3.51. The highest BCUT2D eigenvalue weighted by Gasteiger charge is 2.28. The molecule has 0 aliphatic rings. The maximum atomic E-state index is 13.3. The number of aliphatic imine (C=N–C) groups is 1. The number of rotatable bonds is 2. The number of halogens is 3. The molecule has 0 aliphatic heterocycles. The lowest BCUT2D eigenvalue weighted by molar-refractivity contribution is 0.446.